The van der Waals surface area contributed by atoms with Gasteiger partial charge in [0.1, 0.15) is 0 Å². The van der Waals surface area contributed by atoms with Gasteiger partial charge in [0.2, 0.25) is 0 Å². The van der Waals surface area contributed by atoms with Crippen molar-refractivity contribution in [3.05, 3.63) is 5.53 Å². The van der Waals surface area contributed by atoms with Crippen LogP contribution in [0.25, 0.3) is 5.53 Å². The van der Waals surface area contributed by atoms with E-state index in [1.807, 2.05) is 0 Å². The van der Waals surface area contributed by atoms with E-state index in [1.54, 1.807) is 6.92 Å². The minimum absolute atomic E-state index is 0.232. The van der Waals surface area contributed by atoms with Crippen molar-refractivity contribution in [2.45, 2.75) is 39.0 Å². The second-order valence-electron chi connectivity index (χ2n) is 4.58. The molecule has 0 N–H and O–H groups in total. The van der Waals surface area contributed by atoms with Crippen molar-refractivity contribution in [1.29, 1.82) is 0 Å². The van der Waals surface area contributed by atoms with E-state index >= 15 is 0 Å². The number of carbonyl (C=O) groups is 2. The van der Waals surface area contributed by atoms with Gasteiger partial charge in [-0.2, -0.15) is 4.79 Å². The third-order valence-corrected chi connectivity index (χ3v) is 3.97. The molecule has 4 nitrogen and oxygen atoms in total. The van der Waals surface area contributed by atoms with E-state index in [4.69, 9.17) is 5.53 Å². The fourth-order valence-corrected chi connectivity index (χ4v) is 2.94. The maximum absolute atomic E-state index is 12.0. The zero-order valence-electron chi connectivity index (χ0n) is 8.82. The van der Waals surface area contributed by atoms with Crippen molar-refractivity contribution in [2.24, 2.45) is 11.3 Å². The summed E-state index contributed by atoms with van der Waals surface area (Å²) in [4.78, 5) is 26.6. The summed E-state index contributed by atoms with van der Waals surface area (Å²) >= 11 is 0. The summed E-state index contributed by atoms with van der Waals surface area (Å²) in [6, 6.07) is 0. The lowest BCUT2D eigenvalue weighted by Crippen LogP contribution is -2.35. The summed E-state index contributed by atoms with van der Waals surface area (Å²) in [7, 11) is 0. The molecule has 2 fully saturated rings. The van der Waals surface area contributed by atoms with E-state index < -0.39 is 5.41 Å². The molecule has 0 amide bonds. The first-order valence-corrected chi connectivity index (χ1v) is 5.44. The van der Waals surface area contributed by atoms with Crippen LogP contribution in [0.15, 0.2) is 0 Å². The van der Waals surface area contributed by atoms with E-state index in [0.29, 0.717) is 0 Å². The molecule has 15 heavy (non-hydrogen) atoms. The van der Waals surface area contributed by atoms with Crippen LogP contribution in [0.5, 0.6) is 0 Å². The molecular weight excluding hydrogens is 192 g/mol. The van der Waals surface area contributed by atoms with E-state index in [9.17, 15) is 9.59 Å². The van der Waals surface area contributed by atoms with Crippen LogP contribution in [-0.4, -0.2) is 22.1 Å². The summed E-state index contributed by atoms with van der Waals surface area (Å²) in [5.41, 5.74) is 7.91. The van der Waals surface area contributed by atoms with Gasteiger partial charge in [-0.25, -0.2) is 0 Å². The molecule has 2 saturated carbocycles. The Balaban J connectivity index is 2.45. The monoisotopic (exact) mass is 206 g/mol. The number of ketones is 2. The SMILES string of the molecule is CC1C(=O)C(=[N+]=[N-])C(=O)C12CCCCC2. The number of Topliss-reactive ketones (excluding diaryl/α,β-unsaturated/α-hetero) is 2. The molecule has 0 radical (unpaired) electrons. The lowest BCUT2D eigenvalue weighted by molar-refractivity contribution is -0.128. The molecule has 0 bridgehead atoms. The number of nitrogens with zero attached hydrogens (tertiary/aromatic N) is 2. The minimum atomic E-state index is -0.545. The predicted molar refractivity (Wildman–Crippen MR) is 53.3 cm³/mol. The Kier molecular flexibility index (Phi) is 2.31. The summed E-state index contributed by atoms with van der Waals surface area (Å²) in [6.07, 6.45) is 4.63. The Morgan fingerprint density at radius 1 is 1.27 bits per heavy atom. The maximum Gasteiger partial charge on any atom is 0.401 e. The van der Waals surface area contributed by atoms with Crippen LogP contribution in [-0.2, 0) is 9.59 Å². The van der Waals surface area contributed by atoms with Gasteiger partial charge >= 0.3 is 5.71 Å². The van der Waals surface area contributed by atoms with Gasteiger partial charge in [0.15, 0.2) is 0 Å². The fourth-order valence-electron chi connectivity index (χ4n) is 2.94. The van der Waals surface area contributed by atoms with Crippen molar-refractivity contribution >= 4 is 17.3 Å². The molecule has 2 rings (SSSR count). The van der Waals surface area contributed by atoms with Crippen LogP contribution < -0.4 is 0 Å². The molecule has 2 aliphatic carbocycles. The van der Waals surface area contributed by atoms with Gasteiger partial charge in [0.25, 0.3) is 11.6 Å². The molecule has 1 spiro atoms. The molecule has 80 valence electrons. The Labute approximate surface area is 88.3 Å². The second kappa shape index (κ2) is 3.38. The van der Waals surface area contributed by atoms with Crippen LogP contribution in [0.2, 0.25) is 0 Å². The Bertz CT molecular complexity index is 374. The summed E-state index contributed by atoms with van der Waals surface area (Å²) in [6.45, 7) is 1.78. The quantitative estimate of drug-likeness (QED) is 0.444. The summed E-state index contributed by atoms with van der Waals surface area (Å²) < 4.78 is 0. The maximum atomic E-state index is 12.0. The van der Waals surface area contributed by atoms with Gasteiger partial charge in [-0.05, 0) is 12.8 Å². The largest absolute Gasteiger partial charge is 0.401 e. The molecule has 4 heteroatoms. The highest BCUT2D eigenvalue weighted by molar-refractivity contribution is 6.69. The highest BCUT2D eigenvalue weighted by Gasteiger charge is 2.60. The first-order valence-electron chi connectivity index (χ1n) is 5.44. The first kappa shape index (κ1) is 10.2. The lowest BCUT2D eigenvalue weighted by atomic mass is 9.67. The molecule has 0 aromatic carbocycles. The van der Waals surface area contributed by atoms with Gasteiger partial charge in [-0.15, -0.1) is 0 Å². The van der Waals surface area contributed by atoms with E-state index in [-0.39, 0.29) is 23.2 Å². The molecule has 2 aliphatic rings. The van der Waals surface area contributed by atoms with Crippen molar-refractivity contribution < 1.29 is 14.4 Å². The second-order valence-corrected chi connectivity index (χ2v) is 4.58. The Hall–Kier alpha value is -1.28. The van der Waals surface area contributed by atoms with Gasteiger partial charge in [-0.1, -0.05) is 26.2 Å². The highest BCUT2D eigenvalue weighted by Crippen LogP contribution is 2.47. The van der Waals surface area contributed by atoms with Crippen LogP contribution in [0.3, 0.4) is 0 Å². The number of hydrogen-bond acceptors (Lipinski definition) is 2. The topological polar surface area (TPSA) is 70.5 Å². The third kappa shape index (κ3) is 1.21. The molecule has 0 aromatic rings. The van der Waals surface area contributed by atoms with Crippen LogP contribution >= 0.6 is 0 Å². The van der Waals surface area contributed by atoms with Gasteiger partial charge < -0.3 is 5.53 Å². The van der Waals surface area contributed by atoms with Crippen molar-refractivity contribution in [3.63, 3.8) is 0 Å². The van der Waals surface area contributed by atoms with E-state index in [2.05, 4.69) is 4.79 Å². The van der Waals surface area contributed by atoms with Crippen molar-refractivity contribution in [2.75, 3.05) is 0 Å². The molecule has 1 atom stereocenters. The molecule has 0 heterocycles. The first-order chi connectivity index (χ1) is 7.13. The number of hydrogen-bond donors (Lipinski definition) is 0. The van der Waals surface area contributed by atoms with E-state index in [0.717, 1.165) is 32.1 Å². The van der Waals surface area contributed by atoms with E-state index in [1.165, 1.54) is 0 Å². The Morgan fingerprint density at radius 2 is 1.87 bits per heavy atom. The zero-order valence-corrected chi connectivity index (χ0v) is 8.82. The molecule has 0 aromatic heterocycles. The number of carbonyl (C=O) groups excluding carboxylic acids is 2. The Morgan fingerprint density at radius 3 is 2.33 bits per heavy atom. The van der Waals surface area contributed by atoms with Gasteiger partial charge in [0, 0.05) is 5.92 Å². The normalized spacial score (nSPS) is 29.7. The van der Waals surface area contributed by atoms with Crippen LogP contribution in [0.4, 0.5) is 0 Å². The lowest BCUT2D eigenvalue weighted by Gasteiger charge is -2.33. The highest BCUT2D eigenvalue weighted by atomic mass is 16.2. The van der Waals surface area contributed by atoms with Crippen LogP contribution in [0.1, 0.15) is 39.0 Å². The fraction of sp³-hybridized carbons (Fsp3) is 0.727. The van der Waals surface area contributed by atoms with Crippen molar-refractivity contribution in [3.8, 4) is 0 Å². The third-order valence-electron chi connectivity index (χ3n) is 3.97. The average molecular weight is 206 g/mol. The van der Waals surface area contributed by atoms with Crippen molar-refractivity contribution in [1.82, 2.24) is 0 Å². The average Bonchev–Trinajstić information content (AvgIpc) is 2.43. The molecule has 1 unspecified atom stereocenters. The summed E-state index contributed by atoms with van der Waals surface area (Å²) in [5, 5.41) is 0. The van der Waals surface area contributed by atoms with Gasteiger partial charge in [0.05, 0.1) is 5.41 Å². The standard InChI is InChI=1S/C11H14N2O2/c1-7-9(14)8(13-12)10(15)11(7)5-3-2-4-6-11/h7H,2-6H2,1H3. The smallest absolute Gasteiger partial charge is 0.360 e. The zero-order chi connectivity index (χ0) is 11.1. The van der Waals surface area contributed by atoms with Crippen LogP contribution in [0, 0.1) is 11.3 Å². The molecule has 0 aliphatic heterocycles. The predicted octanol–water partition coefficient (Wildman–Crippen LogP) is 1.40. The number of rotatable bonds is 0. The summed E-state index contributed by atoms with van der Waals surface area (Å²) in [5.74, 6) is -0.831. The molecular formula is C11H14N2O2. The van der Waals surface area contributed by atoms with Gasteiger partial charge in [-0.3, -0.25) is 9.59 Å². The minimum Gasteiger partial charge on any atom is -0.360 e. The molecule has 0 saturated heterocycles.